The van der Waals surface area contributed by atoms with Crippen molar-refractivity contribution < 1.29 is 0 Å². The lowest BCUT2D eigenvalue weighted by atomic mass is 9.99. The number of nitrogens with zero attached hydrogens (tertiary/aromatic N) is 1. The van der Waals surface area contributed by atoms with Crippen LogP contribution >= 0.6 is 11.6 Å². The van der Waals surface area contributed by atoms with E-state index in [1.54, 1.807) is 0 Å². The van der Waals surface area contributed by atoms with Crippen molar-refractivity contribution >= 4 is 11.6 Å². The predicted octanol–water partition coefficient (Wildman–Crippen LogP) is 5.14. The van der Waals surface area contributed by atoms with Crippen molar-refractivity contribution in [3.8, 4) is 0 Å². The second-order valence-electron chi connectivity index (χ2n) is 6.77. The smallest absolute Gasteiger partial charge is 0.0577 e. The average molecular weight is 345 g/mol. The van der Waals surface area contributed by atoms with Crippen LogP contribution < -0.4 is 5.32 Å². The summed E-state index contributed by atoms with van der Waals surface area (Å²) in [5.74, 6) is 0. The van der Waals surface area contributed by atoms with E-state index >= 15 is 0 Å². The van der Waals surface area contributed by atoms with Crippen molar-refractivity contribution in [3.63, 3.8) is 0 Å². The van der Waals surface area contributed by atoms with E-state index in [1.165, 1.54) is 11.1 Å². The first-order valence-corrected chi connectivity index (χ1v) is 9.16. The molecule has 0 fully saturated rings. The summed E-state index contributed by atoms with van der Waals surface area (Å²) in [4.78, 5) is 2.51. The van der Waals surface area contributed by atoms with Crippen LogP contribution in [-0.2, 0) is 0 Å². The first-order chi connectivity index (χ1) is 11.5. The summed E-state index contributed by atoms with van der Waals surface area (Å²) in [6, 6.07) is 20.0. The van der Waals surface area contributed by atoms with Crippen LogP contribution in [0.4, 0.5) is 0 Å². The fourth-order valence-electron chi connectivity index (χ4n) is 3.18. The highest BCUT2D eigenvalue weighted by atomic mass is 35.5. The number of halogens is 1. The molecule has 3 heteroatoms. The molecule has 0 aliphatic rings. The van der Waals surface area contributed by atoms with Gasteiger partial charge in [-0.1, -0.05) is 54.1 Å². The molecule has 0 saturated carbocycles. The van der Waals surface area contributed by atoms with Crippen molar-refractivity contribution in [1.82, 2.24) is 10.2 Å². The summed E-state index contributed by atoms with van der Waals surface area (Å²) in [7, 11) is 0. The first kappa shape index (κ1) is 19.0. The second kappa shape index (κ2) is 9.22. The van der Waals surface area contributed by atoms with Crippen molar-refractivity contribution in [2.24, 2.45) is 0 Å². The predicted molar refractivity (Wildman–Crippen MR) is 105 cm³/mol. The van der Waals surface area contributed by atoms with Gasteiger partial charge in [-0.05, 0) is 51.0 Å². The molecule has 24 heavy (non-hydrogen) atoms. The summed E-state index contributed by atoms with van der Waals surface area (Å²) in [5, 5.41) is 4.50. The molecule has 1 N–H and O–H groups in total. The topological polar surface area (TPSA) is 15.3 Å². The zero-order valence-corrected chi connectivity index (χ0v) is 15.9. The number of benzene rings is 2. The number of nitrogens with one attached hydrogen (secondary N) is 1. The van der Waals surface area contributed by atoms with E-state index in [-0.39, 0.29) is 6.04 Å². The van der Waals surface area contributed by atoms with Gasteiger partial charge in [-0.3, -0.25) is 4.90 Å². The zero-order valence-electron chi connectivity index (χ0n) is 15.2. The maximum absolute atomic E-state index is 6.05. The van der Waals surface area contributed by atoms with E-state index in [0.717, 1.165) is 18.1 Å². The van der Waals surface area contributed by atoms with Crippen LogP contribution in [0.5, 0.6) is 0 Å². The van der Waals surface area contributed by atoms with Crippen LogP contribution in [0.2, 0.25) is 5.02 Å². The summed E-state index contributed by atoms with van der Waals surface area (Å²) >= 11 is 6.05. The van der Waals surface area contributed by atoms with Gasteiger partial charge in [-0.2, -0.15) is 0 Å². The minimum atomic E-state index is 0.185. The van der Waals surface area contributed by atoms with Crippen molar-refractivity contribution in [1.29, 1.82) is 0 Å². The maximum Gasteiger partial charge on any atom is 0.0577 e. The fourth-order valence-corrected chi connectivity index (χ4v) is 3.31. The lowest BCUT2D eigenvalue weighted by molar-refractivity contribution is 0.175. The minimum Gasteiger partial charge on any atom is -0.305 e. The third-order valence-corrected chi connectivity index (χ3v) is 4.63. The SMILES string of the molecule is CC(C)N(CCNC(c1ccccc1)c1ccc(Cl)cc1)C(C)C. The van der Waals surface area contributed by atoms with Crippen molar-refractivity contribution in [3.05, 3.63) is 70.7 Å². The molecule has 0 aromatic heterocycles. The van der Waals surface area contributed by atoms with Gasteiger partial charge in [0.2, 0.25) is 0 Å². The van der Waals surface area contributed by atoms with Gasteiger partial charge < -0.3 is 5.32 Å². The van der Waals surface area contributed by atoms with Gasteiger partial charge in [0.05, 0.1) is 6.04 Å². The molecule has 0 saturated heterocycles. The first-order valence-electron chi connectivity index (χ1n) is 8.78. The third kappa shape index (κ3) is 5.34. The van der Waals surface area contributed by atoms with Gasteiger partial charge in [-0.15, -0.1) is 0 Å². The van der Waals surface area contributed by atoms with Crippen LogP contribution in [0.3, 0.4) is 0 Å². The molecular weight excluding hydrogens is 316 g/mol. The van der Waals surface area contributed by atoms with Crippen LogP contribution in [0.15, 0.2) is 54.6 Å². The molecule has 0 spiro atoms. The molecule has 2 aromatic rings. The summed E-state index contributed by atoms with van der Waals surface area (Å²) < 4.78 is 0. The van der Waals surface area contributed by atoms with E-state index in [2.05, 4.69) is 80.4 Å². The molecule has 0 amide bonds. The fraction of sp³-hybridized carbons (Fsp3) is 0.429. The Morgan fingerprint density at radius 1 is 0.833 bits per heavy atom. The molecule has 0 bridgehead atoms. The van der Waals surface area contributed by atoms with Gasteiger partial charge in [0.1, 0.15) is 0 Å². The van der Waals surface area contributed by atoms with Crippen LogP contribution in [-0.4, -0.2) is 30.1 Å². The van der Waals surface area contributed by atoms with Gasteiger partial charge in [0, 0.05) is 30.2 Å². The number of hydrogen-bond acceptors (Lipinski definition) is 2. The molecular formula is C21H29ClN2. The molecule has 1 atom stereocenters. The Morgan fingerprint density at radius 3 is 1.92 bits per heavy atom. The molecule has 2 rings (SSSR count). The molecule has 0 radical (unpaired) electrons. The Hall–Kier alpha value is -1.35. The van der Waals surface area contributed by atoms with Crippen LogP contribution in [0, 0.1) is 0 Å². The van der Waals surface area contributed by atoms with Gasteiger partial charge in [-0.25, -0.2) is 0 Å². The minimum absolute atomic E-state index is 0.185. The molecule has 2 aromatic carbocycles. The Labute approximate surface area is 151 Å². The standard InChI is InChI=1S/C21H29ClN2/c1-16(2)24(17(3)4)15-14-23-21(18-8-6-5-7-9-18)19-10-12-20(22)13-11-19/h5-13,16-17,21,23H,14-15H2,1-4H3. The van der Waals surface area contributed by atoms with Crippen molar-refractivity contribution in [2.45, 2.75) is 45.8 Å². The molecule has 1 unspecified atom stereocenters. The quantitative estimate of drug-likeness (QED) is 0.713. The lowest BCUT2D eigenvalue weighted by Crippen LogP contribution is -2.42. The number of rotatable bonds is 8. The van der Waals surface area contributed by atoms with Crippen molar-refractivity contribution in [2.75, 3.05) is 13.1 Å². The summed E-state index contributed by atoms with van der Waals surface area (Å²) in [6.07, 6.45) is 0. The highest BCUT2D eigenvalue weighted by molar-refractivity contribution is 6.30. The normalized spacial score (nSPS) is 13.0. The molecule has 0 heterocycles. The molecule has 0 aliphatic heterocycles. The average Bonchev–Trinajstić information content (AvgIpc) is 2.56. The number of hydrogen-bond donors (Lipinski definition) is 1. The lowest BCUT2D eigenvalue weighted by Gasteiger charge is -2.31. The largest absolute Gasteiger partial charge is 0.305 e. The van der Waals surface area contributed by atoms with E-state index in [1.807, 2.05) is 12.1 Å². The third-order valence-electron chi connectivity index (χ3n) is 4.38. The zero-order chi connectivity index (χ0) is 17.5. The monoisotopic (exact) mass is 344 g/mol. The van der Waals surface area contributed by atoms with Gasteiger partial charge in [0.15, 0.2) is 0 Å². The molecule has 130 valence electrons. The van der Waals surface area contributed by atoms with E-state index in [9.17, 15) is 0 Å². The highest BCUT2D eigenvalue weighted by Gasteiger charge is 2.16. The van der Waals surface area contributed by atoms with Crippen LogP contribution in [0.25, 0.3) is 0 Å². The summed E-state index contributed by atoms with van der Waals surface area (Å²) in [6.45, 7) is 11.0. The van der Waals surface area contributed by atoms with E-state index < -0.39 is 0 Å². The van der Waals surface area contributed by atoms with E-state index in [0.29, 0.717) is 12.1 Å². The Bertz CT molecular complexity index is 585. The summed E-state index contributed by atoms with van der Waals surface area (Å²) in [5.41, 5.74) is 2.52. The maximum atomic E-state index is 6.05. The second-order valence-corrected chi connectivity index (χ2v) is 7.21. The van der Waals surface area contributed by atoms with E-state index in [4.69, 9.17) is 11.6 Å². The van der Waals surface area contributed by atoms with Gasteiger partial charge >= 0.3 is 0 Å². The highest BCUT2D eigenvalue weighted by Crippen LogP contribution is 2.23. The Morgan fingerprint density at radius 2 is 1.38 bits per heavy atom. The van der Waals surface area contributed by atoms with Crippen LogP contribution in [0.1, 0.15) is 44.9 Å². The Balaban J connectivity index is 2.11. The molecule has 0 aliphatic carbocycles. The molecule has 2 nitrogen and oxygen atoms in total. The Kier molecular flexibility index (Phi) is 7.29. The van der Waals surface area contributed by atoms with Gasteiger partial charge in [0.25, 0.3) is 0 Å².